The summed E-state index contributed by atoms with van der Waals surface area (Å²) in [5.74, 6) is 1.88. The van der Waals surface area contributed by atoms with Crippen LogP contribution in [0.4, 0.5) is 0 Å². The molecule has 0 saturated carbocycles. The molecule has 0 radical (unpaired) electrons. The van der Waals surface area contributed by atoms with Crippen molar-refractivity contribution in [2.75, 3.05) is 13.7 Å². The Bertz CT molecular complexity index is 2070. The summed E-state index contributed by atoms with van der Waals surface area (Å²) in [5, 5.41) is 6.87. The Morgan fingerprint density at radius 2 is 1.75 bits per heavy atom. The van der Waals surface area contributed by atoms with Gasteiger partial charge in [-0.1, -0.05) is 54.1 Å². The minimum absolute atomic E-state index is 0.270. The average Bonchev–Trinajstić information content (AvgIpc) is 3.14. The van der Waals surface area contributed by atoms with E-state index in [-0.39, 0.29) is 12.0 Å². The van der Waals surface area contributed by atoms with E-state index in [9.17, 15) is 9.59 Å². The summed E-state index contributed by atoms with van der Waals surface area (Å²) in [6, 6.07) is 27.5. The van der Waals surface area contributed by atoms with E-state index in [0.29, 0.717) is 54.0 Å². The Balaban J connectivity index is 0.976. The first-order valence-corrected chi connectivity index (χ1v) is 17.2. The van der Waals surface area contributed by atoms with Gasteiger partial charge in [-0.05, 0) is 108 Å². The molecule has 0 spiro atoms. The van der Waals surface area contributed by atoms with Gasteiger partial charge in [-0.15, -0.1) is 0 Å². The highest BCUT2D eigenvalue weighted by Crippen LogP contribution is 2.40. The quantitative estimate of drug-likeness (QED) is 0.155. The van der Waals surface area contributed by atoms with Crippen LogP contribution in [0.25, 0.3) is 11.1 Å². The SMILES string of the molecule is COC(=O)C(Cc1ccc(-c2ccnc(C)c2C)cc1)NC(=O)[C@@H]1Cc2cc3c(cc2CN1)O[C@@H](c1ccc(Oc2cccc(Cl)c2)cc1)CO3. The Kier molecular flexibility index (Phi) is 9.92. The van der Waals surface area contributed by atoms with Gasteiger partial charge in [-0.2, -0.15) is 0 Å². The van der Waals surface area contributed by atoms with Crippen molar-refractivity contribution in [3.05, 3.63) is 136 Å². The van der Waals surface area contributed by atoms with E-state index in [0.717, 1.165) is 44.6 Å². The first-order valence-electron chi connectivity index (χ1n) is 16.9. The van der Waals surface area contributed by atoms with Crippen molar-refractivity contribution in [2.24, 2.45) is 0 Å². The number of amides is 1. The summed E-state index contributed by atoms with van der Waals surface area (Å²) in [6.45, 7) is 4.85. The number of aryl methyl sites for hydroxylation is 1. The van der Waals surface area contributed by atoms with Crippen LogP contribution in [-0.4, -0.2) is 42.7 Å². The highest BCUT2D eigenvalue weighted by molar-refractivity contribution is 6.30. The predicted molar refractivity (Wildman–Crippen MR) is 194 cm³/mol. The number of fused-ring (bicyclic) bond motifs is 2. The fraction of sp³-hybridized carbons (Fsp3) is 0.244. The van der Waals surface area contributed by atoms with E-state index in [1.165, 1.54) is 7.11 Å². The third-order valence-electron chi connectivity index (χ3n) is 9.45. The maximum absolute atomic E-state index is 13.5. The van der Waals surface area contributed by atoms with Gasteiger partial charge in [0.1, 0.15) is 24.1 Å². The van der Waals surface area contributed by atoms with Crippen LogP contribution in [0.5, 0.6) is 23.0 Å². The molecule has 3 atom stereocenters. The first-order chi connectivity index (χ1) is 24.7. The lowest BCUT2D eigenvalue weighted by Gasteiger charge is -2.31. The van der Waals surface area contributed by atoms with Crippen LogP contribution in [0.3, 0.4) is 0 Å². The molecule has 0 saturated heterocycles. The van der Waals surface area contributed by atoms with E-state index >= 15 is 0 Å². The molecule has 5 aromatic rings. The zero-order chi connectivity index (χ0) is 35.5. The zero-order valence-corrected chi connectivity index (χ0v) is 29.3. The number of hydrogen-bond acceptors (Lipinski definition) is 8. The number of rotatable bonds is 9. The number of carbonyl (C=O) groups is 2. The van der Waals surface area contributed by atoms with Gasteiger partial charge in [-0.25, -0.2) is 4.79 Å². The topological polar surface area (TPSA) is 108 Å². The molecule has 0 fully saturated rings. The van der Waals surface area contributed by atoms with Crippen LogP contribution in [0.1, 0.15) is 39.6 Å². The Labute approximate surface area is 301 Å². The summed E-state index contributed by atoms with van der Waals surface area (Å²) in [5.41, 5.74) is 8.16. The molecule has 1 unspecified atom stereocenters. The second-order valence-electron chi connectivity index (χ2n) is 12.8. The van der Waals surface area contributed by atoms with Crippen molar-refractivity contribution in [2.45, 2.75) is 51.4 Å². The highest BCUT2D eigenvalue weighted by atomic mass is 35.5. The number of nitrogens with one attached hydrogen (secondary N) is 2. The van der Waals surface area contributed by atoms with E-state index in [4.69, 9.17) is 30.5 Å². The molecule has 4 aromatic carbocycles. The third-order valence-corrected chi connectivity index (χ3v) is 9.69. The van der Waals surface area contributed by atoms with Crippen LogP contribution >= 0.6 is 11.6 Å². The van der Waals surface area contributed by atoms with Gasteiger partial charge in [0.25, 0.3) is 0 Å². The van der Waals surface area contributed by atoms with Crippen molar-refractivity contribution < 1.29 is 28.5 Å². The normalized spacial score (nSPS) is 16.8. The molecule has 0 bridgehead atoms. The summed E-state index contributed by atoms with van der Waals surface area (Å²) in [7, 11) is 1.33. The van der Waals surface area contributed by atoms with Gasteiger partial charge in [0, 0.05) is 29.9 Å². The van der Waals surface area contributed by atoms with Crippen LogP contribution in [-0.2, 0) is 33.7 Å². The van der Waals surface area contributed by atoms with Gasteiger partial charge in [-0.3, -0.25) is 9.78 Å². The number of aromatic nitrogens is 1. The second kappa shape index (κ2) is 14.8. The largest absolute Gasteiger partial charge is 0.485 e. The maximum atomic E-state index is 13.5. The number of hydrogen-bond donors (Lipinski definition) is 2. The molecule has 7 rings (SSSR count). The maximum Gasteiger partial charge on any atom is 0.328 e. The average molecular weight is 704 g/mol. The van der Waals surface area contributed by atoms with Gasteiger partial charge in [0.05, 0.1) is 13.2 Å². The Morgan fingerprint density at radius 3 is 2.51 bits per heavy atom. The minimum Gasteiger partial charge on any atom is -0.485 e. The molecule has 0 aliphatic carbocycles. The van der Waals surface area contributed by atoms with Crippen molar-refractivity contribution in [3.8, 4) is 34.1 Å². The van der Waals surface area contributed by atoms with Crippen LogP contribution < -0.4 is 24.8 Å². The summed E-state index contributed by atoms with van der Waals surface area (Å²) in [6.07, 6.45) is 2.25. The fourth-order valence-corrected chi connectivity index (χ4v) is 6.65. The number of halogens is 1. The lowest BCUT2D eigenvalue weighted by Crippen LogP contribution is -2.53. The van der Waals surface area contributed by atoms with Crippen LogP contribution in [0.15, 0.2) is 97.2 Å². The number of esters is 1. The number of carbonyl (C=O) groups excluding carboxylic acids is 2. The fourth-order valence-electron chi connectivity index (χ4n) is 6.47. The van der Waals surface area contributed by atoms with Crippen molar-refractivity contribution in [1.82, 2.24) is 15.6 Å². The lowest BCUT2D eigenvalue weighted by molar-refractivity contribution is -0.145. The van der Waals surface area contributed by atoms with E-state index in [2.05, 4.69) is 22.5 Å². The minimum atomic E-state index is -0.837. The van der Waals surface area contributed by atoms with Gasteiger partial charge < -0.3 is 29.6 Å². The predicted octanol–water partition coefficient (Wildman–Crippen LogP) is 7.24. The molecule has 1 amide bonds. The molecule has 260 valence electrons. The van der Waals surface area contributed by atoms with E-state index < -0.39 is 18.1 Å². The zero-order valence-electron chi connectivity index (χ0n) is 28.6. The number of ether oxygens (including phenoxy) is 4. The summed E-state index contributed by atoms with van der Waals surface area (Å²) < 4.78 is 23.5. The molecular weight excluding hydrogens is 666 g/mol. The number of nitrogens with zero attached hydrogens (tertiary/aromatic N) is 1. The molecule has 2 aliphatic heterocycles. The summed E-state index contributed by atoms with van der Waals surface area (Å²) >= 11 is 6.08. The smallest absolute Gasteiger partial charge is 0.328 e. The number of pyridine rings is 1. The monoisotopic (exact) mass is 703 g/mol. The van der Waals surface area contributed by atoms with Gasteiger partial charge in [0.15, 0.2) is 17.6 Å². The Morgan fingerprint density at radius 1 is 0.961 bits per heavy atom. The first kappa shape index (κ1) is 34.1. The van der Waals surface area contributed by atoms with Crippen molar-refractivity contribution in [3.63, 3.8) is 0 Å². The van der Waals surface area contributed by atoms with Crippen LogP contribution in [0.2, 0.25) is 5.02 Å². The molecule has 10 heteroatoms. The van der Waals surface area contributed by atoms with Gasteiger partial charge in [0.2, 0.25) is 5.91 Å². The molecule has 51 heavy (non-hydrogen) atoms. The number of methoxy groups -OCH3 is 1. The highest BCUT2D eigenvalue weighted by Gasteiger charge is 2.31. The lowest BCUT2D eigenvalue weighted by atomic mass is 9.94. The molecule has 9 nitrogen and oxygen atoms in total. The Hall–Kier alpha value is -5.38. The molecule has 1 aromatic heterocycles. The van der Waals surface area contributed by atoms with E-state index in [1.54, 1.807) is 18.3 Å². The van der Waals surface area contributed by atoms with Crippen molar-refractivity contribution in [1.29, 1.82) is 0 Å². The molecule has 2 N–H and O–H groups in total. The number of benzene rings is 4. The second-order valence-corrected chi connectivity index (χ2v) is 13.2. The molecular formula is C41H38ClN3O6. The summed E-state index contributed by atoms with van der Waals surface area (Å²) in [4.78, 5) is 30.7. The third kappa shape index (κ3) is 7.70. The molecule has 2 aliphatic rings. The standard InChI is InChI=1S/C41H38ClN3O6/c1-24-25(2)43-16-15-34(24)27-9-7-26(8-10-27)17-36(41(47)48-3)45-40(46)35-18-29-19-37-38(20-30(29)22-44-35)51-39(23-49-37)28-11-13-32(14-12-28)50-33-6-4-5-31(42)21-33/h4-16,19-21,35-36,39,44H,17-18,22-23H2,1-3H3,(H,45,46)/t35-,36?,39+/m0/s1. The molecule has 3 heterocycles. The van der Waals surface area contributed by atoms with Crippen molar-refractivity contribution >= 4 is 23.5 Å². The van der Waals surface area contributed by atoms with E-state index in [1.807, 2.05) is 85.8 Å². The van der Waals surface area contributed by atoms with Gasteiger partial charge >= 0.3 is 5.97 Å². The van der Waals surface area contributed by atoms with Crippen LogP contribution in [0, 0.1) is 13.8 Å².